The minimum atomic E-state index is -1.41. The normalized spacial score (nSPS) is 30.9. The molecule has 0 aromatic heterocycles. The van der Waals surface area contributed by atoms with Crippen molar-refractivity contribution in [2.75, 3.05) is 27.6 Å². The highest BCUT2D eigenvalue weighted by Crippen LogP contribution is 2.61. The zero-order valence-corrected chi connectivity index (χ0v) is 21.4. The van der Waals surface area contributed by atoms with Gasteiger partial charge in [-0.3, -0.25) is 9.59 Å². The fraction of sp³-hybridized carbons (Fsp3) is 0.556. The predicted molar refractivity (Wildman–Crippen MR) is 126 cm³/mol. The first-order valence-corrected chi connectivity index (χ1v) is 12.3. The van der Waals surface area contributed by atoms with E-state index in [4.69, 9.17) is 28.4 Å². The molecule has 9 nitrogen and oxygen atoms in total. The highest BCUT2D eigenvalue weighted by Gasteiger charge is 2.61. The van der Waals surface area contributed by atoms with Crippen LogP contribution in [0.1, 0.15) is 51.3 Å². The van der Waals surface area contributed by atoms with Gasteiger partial charge in [-0.15, -0.1) is 0 Å². The molecule has 0 fully saturated rings. The SMILES string of the molecule is CCC(C)C(=O)O[C@H]1c2cc3c(c4c2[C@@]2(CO4)C(=O)C(OC)=C(OC)C=C2[C@H](O)[C@@H](C)[C@H]1C)OCO3. The molecule has 0 radical (unpaired) electrons. The smallest absolute Gasteiger partial charge is 0.309 e. The van der Waals surface area contributed by atoms with E-state index in [0.29, 0.717) is 40.4 Å². The van der Waals surface area contributed by atoms with Crippen LogP contribution in [0.2, 0.25) is 0 Å². The van der Waals surface area contributed by atoms with Crippen molar-refractivity contribution in [3.05, 3.63) is 40.4 Å². The number of rotatable bonds is 5. The Hall–Kier alpha value is -3.20. The van der Waals surface area contributed by atoms with Crippen LogP contribution in [-0.4, -0.2) is 50.6 Å². The Labute approximate surface area is 209 Å². The van der Waals surface area contributed by atoms with E-state index in [2.05, 4.69) is 0 Å². The number of ketones is 1. The predicted octanol–water partition coefficient (Wildman–Crippen LogP) is 3.34. The number of Topliss-reactive ketones (excluding diaryl/α,β-unsaturated/α-hetero) is 1. The van der Waals surface area contributed by atoms with Crippen LogP contribution in [0.4, 0.5) is 0 Å². The lowest BCUT2D eigenvalue weighted by Gasteiger charge is -2.43. The molecule has 1 aromatic carbocycles. The third-order valence-electron chi connectivity index (χ3n) is 8.22. The number of carbonyl (C=O) groups excluding carboxylic acids is 2. The molecule has 0 saturated carbocycles. The monoisotopic (exact) mass is 500 g/mol. The molecular formula is C27H32O9. The maximum atomic E-state index is 14.2. The summed E-state index contributed by atoms with van der Waals surface area (Å²) in [6.07, 6.45) is 0.487. The second-order valence-corrected chi connectivity index (χ2v) is 9.96. The molecule has 1 N–H and O–H groups in total. The molecule has 1 aromatic rings. The first kappa shape index (κ1) is 24.5. The Balaban J connectivity index is 1.82. The van der Waals surface area contributed by atoms with Crippen LogP contribution in [0.5, 0.6) is 17.2 Å². The molecule has 2 heterocycles. The quantitative estimate of drug-likeness (QED) is 0.609. The Kier molecular flexibility index (Phi) is 5.94. The molecule has 36 heavy (non-hydrogen) atoms. The van der Waals surface area contributed by atoms with E-state index in [0.717, 1.165) is 0 Å². The number of hydrogen-bond donors (Lipinski definition) is 1. The Bertz CT molecular complexity index is 1180. The summed E-state index contributed by atoms with van der Waals surface area (Å²) in [5, 5.41) is 11.7. The highest BCUT2D eigenvalue weighted by molar-refractivity contribution is 6.08. The number of carbonyl (C=O) groups is 2. The summed E-state index contributed by atoms with van der Waals surface area (Å²) in [4.78, 5) is 27.2. The van der Waals surface area contributed by atoms with Crippen LogP contribution >= 0.6 is 0 Å². The van der Waals surface area contributed by atoms with Gasteiger partial charge in [-0.1, -0.05) is 27.7 Å². The van der Waals surface area contributed by atoms with Crippen LogP contribution in [0.25, 0.3) is 0 Å². The number of methoxy groups -OCH3 is 2. The largest absolute Gasteiger partial charge is 0.493 e. The van der Waals surface area contributed by atoms with Crippen LogP contribution < -0.4 is 14.2 Å². The number of hydrogen-bond acceptors (Lipinski definition) is 9. The van der Waals surface area contributed by atoms with E-state index in [9.17, 15) is 14.7 Å². The van der Waals surface area contributed by atoms with Crippen LogP contribution in [-0.2, 0) is 29.2 Å². The van der Waals surface area contributed by atoms with Crippen molar-refractivity contribution in [2.24, 2.45) is 17.8 Å². The van der Waals surface area contributed by atoms with Gasteiger partial charge in [-0.2, -0.15) is 0 Å². The molecule has 194 valence electrons. The van der Waals surface area contributed by atoms with E-state index >= 15 is 0 Å². The summed E-state index contributed by atoms with van der Waals surface area (Å²) in [7, 11) is 2.85. The average Bonchev–Trinajstić information content (AvgIpc) is 3.51. The number of aliphatic hydroxyl groups excluding tert-OH is 1. The third kappa shape index (κ3) is 3.18. The van der Waals surface area contributed by atoms with Gasteiger partial charge >= 0.3 is 5.97 Å². The number of fused-ring (bicyclic) bond motifs is 2. The number of allylic oxidation sites excluding steroid dienone is 2. The van der Waals surface area contributed by atoms with Crippen molar-refractivity contribution in [1.82, 2.24) is 0 Å². The Morgan fingerprint density at radius 3 is 2.58 bits per heavy atom. The Morgan fingerprint density at radius 2 is 1.92 bits per heavy atom. The number of aliphatic hydroxyl groups is 1. The maximum Gasteiger partial charge on any atom is 0.309 e. The minimum Gasteiger partial charge on any atom is -0.493 e. The molecule has 1 spiro atoms. The molecule has 5 rings (SSSR count). The van der Waals surface area contributed by atoms with Gasteiger partial charge in [0, 0.05) is 17.0 Å². The molecule has 0 saturated heterocycles. The van der Waals surface area contributed by atoms with Crippen LogP contribution in [0.3, 0.4) is 0 Å². The summed E-state index contributed by atoms with van der Waals surface area (Å²) in [6.45, 7) is 7.48. The van der Waals surface area contributed by atoms with Gasteiger partial charge < -0.3 is 33.5 Å². The first-order valence-electron chi connectivity index (χ1n) is 12.3. The lowest BCUT2D eigenvalue weighted by Crippen LogP contribution is -2.51. The zero-order valence-electron chi connectivity index (χ0n) is 21.4. The molecule has 0 amide bonds. The lowest BCUT2D eigenvalue weighted by atomic mass is 9.61. The third-order valence-corrected chi connectivity index (χ3v) is 8.22. The summed E-state index contributed by atoms with van der Waals surface area (Å²) in [6, 6.07) is 1.78. The van der Waals surface area contributed by atoms with E-state index < -0.39 is 23.4 Å². The molecule has 6 atom stereocenters. The summed E-state index contributed by atoms with van der Waals surface area (Å²) in [5.41, 5.74) is 0.154. The van der Waals surface area contributed by atoms with Crippen molar-refractivity contribution in [1.29, 1.82) is 0 Å². The van der Waals surface area contributed by atoms with Crippen molar-refractivity contribution < 1.29 is 43.1 Å². The molecule has 2 aliphatic carbocycles. The summed E-state index contributed by atoms with van der Waals surface area (Å²) < 4.78 is 34.7. The van der Waals surface area contributed by atoms with Crippen LogP contribution in [0.15, 0.2) is 29.2 Å². The van der Waals surface area contributed by atoms with E-state index in [1.807, 2.05) is 27.7 Å². The summed E-state index contributed by atoms with van der Waals surface area (Å²) in [5.74, 6) is -0.288. The number of esters is 1. The number of ether oxygens (including phenoxy) is 6. The topological polar surface area (TPSA) is 110 Å². The first-order chi connectivity index (χ1) is 17.2. The van der Waals surface area contributed by atoms with Gasteiger partial charge in [-0.25, -0.2) is 0 Å². The van der Waals surface area contributed by atoms with Crippen molar-refractivity contribution in [3.8, 4) is 17.2 Å². The van der Waals surface area contributed by atoms with Crippen molar-refractivity contribution >= 4 is 11.8 Å². The van der Waals surface area contributed by atoms with E-state index in [1.54, 1.807) is 12.1 Å². The zero-order chi connectivity index (χ0) is 25.9. The van der Waals surface area contributed by atoms with Crippen molar-refractivity contribution in [3.63, 3.8) is 0 Å². The molecule has 1 unspecified atom stereocenters. The van der Waals surface area contributed by atoms with Gasteiger partial charge in [0.1, 0.15) is 18.1 Å². The standard InChI is InChI=1S/C27H32O9/c1-7-12(2)26(30)36-21-14(4)13(3)20(28)16-9-17(31-5)23(32-6)25(29)27(16)10-33-24-19(27)15(21)8-18-22(24)35-11-34-18/h8-9,12-14,20-21,28H,7,10-11H2,1-6H3/t12?,13-,14+,20+,21+,27-/m0/s1. The molecule has 0 bridgehead atoms. The fourth-order valence-electron chi connectivity index (χ4n) is 5.65. The maximum absolute atomic E-state index is 14.2. The molecule has 4 aliphatic rings. The van der Waals surface area contributed by atoms with Crippen LogP contribution in [0, 0.1) is 17.8 Å². The van der Waals surface area contributed by atoms with Crippen molar-refractivity contribution in [2.45, 2.75) is 51.7 Å². The molecule has 2 aliphatic heterocycles. The van der Waals surface area contributed by atoms with Gasteiger partial charge in [-0.05, 0) is 30.1 Å². The molecular weight excluding hydrogens is 468 g/mol. The Morgan fingerprint density at radius 1 is 1.17 bits per heavy atom. The van der Waals surface area contributed by atoms with Gasteiger partial charge in [0.2, 0.25) is 24.1 Å². The lowest BCUT2D eigenvalue weighted by molar-refractivity contribution is -0.158. The second kappa shape index (κ2) is 8.73. The van der Waals surface area contributed by atoms with E-state index in [-0.39, 0.29) is 48.6 Å². The average molecular weight is 501 g/mol. The molecule has 9 heteroatoms. The fourth-order valence-corrected chi connectivity index (χ4v) is 5.65. The van der Waals surface area contributed by atoms with Gasteiger partial charge in [0.25, 0.3) is 0 Å². The van der Waals surface area contributed by atoms with Gasteiger partial charge in [0.15, 0.2) is 17.3 Å². The second-order valence-electron chi connectivity index (χ2n) is 9.96. The number of benzene rings is 1. The van der Waals surface area contributed by atoms with E-state index in [1.165, 1.54) is 14.2 Å². The van der Waals surface area contributed by atoms with Gasteiger partial charge in [0.05, 0.1) is 26.2 Å². The summed E-state index contributed by atoms with van der Waals surface area (Å²) >= 11 is 0. The minimum absolute atomic E-state index is 0.00117. The highest BCUT2D eigenvalue weighted by atomic mass is 16.7.